The molecule has 0 atom stereocenters. The van der Waals surface area contributed by atoms with Gasteiger partial charge in [-0.05, 0) is 44.5 Å². The molecule has 1 rings (SSSR count). The van der Waals surface area contributed by atoms with E-state index < -0.39 is 0 Å². The summed E-state index contributed by atoms with van der Waals surface area (Å²) in [5, 5.41) is 0. The maximum atomic E-state index is 5.40. The van der Waals surface area contributed by atoms with Crippen LogP contribution in [-0.4, -0.2) is 12.7 Å². The average molecular weight is 206 g/mol. The molecule has 0 heterocycles. The Hall–Kier alpha value is -1.44. The van der Waals surface area contributed by atoms with Crippen molar-refractivity contribution in [3.05, 3.63) is 36.1 Å². The summed E-state index contributed by atoms with van der Waals surface area (Å²) in [6.45, 7) is 6.67. The van der Waals surface area contributed by atoms with E-state index in [0.29, 0.717) is 6.61 Å². The molecule has 0 radical (unpaired) electrons. The van der Waals surface area contributed by atoms with E-state index in [2.05, 4.69) is 0 Å². The van der Waals surface area contributed by atoms with Crippen molar-refractivity contribution in [3.8, 4) is 5.75 Å². The molecule has 0 saturated heterocycles. The minimum atomic E-state index is 0.219. The van der Waals surface area contributed by atoms with Gasteiger partial charge in [-0.15, -0.1) is 0 Å². The molecule has 0 unspecified atom stereocenters. The van der Waals surface area contributed by atoms with Crippen molar-refractivity contribution in [2.24, 2.45) is 0 Å². The van der Waals surface area contributed by atoms with Crippen LogP contribution in [0.25, 0.3) is 6.08 Å². The standard InChI is InChI=1S/C13H18O2/c1-4-14-13-7-5-6-12(10-13)8-9-15-11(2)3/h5-11H,4H2,1-3H3. The monoisotopic (exact) mass is 206 g/mol. The minimum Gasteiger partial charge on any atom is -0.499 e. The molecule has 0 aromatic heterocycles. The first-order valence-electron chi connectivity index (χ1n) is 5.27. The molecule has 2 heteroatoms. The lowest BCUT2D eigenvalue weighted by Crippen LogP contribution is -1.94. The van der Waals surface area contributed by atoms with Crippen LogP contribution in [0.15, 0.2) is 30.5 Å². The molecular formula is C13H18O2. The van der Waals surface area contributed by atoms with Gasteiger partial charge >= 0.3 is 0 Å². The fourth-order valence-corrected chi connectivity index (χ4v) is 1.15. The van der Waals surface area contributed by atoms with Crippen LogP contribution in [0, 0.1) is 0 Å². The quantitative estimate of drug-likeness (QED) is 0.687. The second-order valence-corrected chi connectivity index (χ2v) is 3.49. The smallest absolute Gasteiger partial charge is 0.119 e. The van der Waals surface area contributed by atoms with E-state index in [1.54, 1.807) is 6.26 Å². The molecule has 1 aromatic rings. The molecule has 0 spiro atoms. The van der Waals surface area contributed by atoms with E-state index >= 15 is 0 Å². The second-order valence-electron chi connectivity index (χ2n) is 3.49. The van der Waals surface area contributed by atoms with Crippen molar-refractivity contribution in [2.45, 2.75) is 26.9 Å². The van der Waals surface area contributed by atoms with Gasteiger partial charge in [-0.25, -0.2) is 0 Å². The van der Waals surface area contributed by atoms with Gasteiger partial charge in [0, 0.05) is 0 Å². The van der Waals surface area contributed by atoms with Crippen molar-refractivity contribution in [3.63, 3.8) is 0 Å². The molecule has 0 amide bonds. The Balaban J connectivity index is 2.60. The van der Waals surface area contributed by atoms with Gasteiger partial charge in [0.15, 0.2) is 0 Å². The van der Waals surface area contributed by atoms with Gasteiger partial charge < -0.3 is 9.47 Å². The summed E-state index contributed by atoms with van der Waals surface area (Å²) >= 11 is 0. The van der Waals surface area contributed by atoms with Gasteiger partial charge in [0.2, 0.25) is 0 Å². The van der Waals surface area contributed by atoms with Crippen LogP contribution in [0.4, 0.5) is 0 Å². The molecule has 0 aliphatic carbocycles. The third kappa shape index (κ3) is 4.54. The lowest BCUT2D eigenvalue weighted by molar-refractivity contribution is 0.181. The van der Waals surface area contributed by atoms with E-state index in [-0.39, 0.29) is 6.10 Å². The highest BCUT2D eigenvalue weighted by Gasteiger charge is 1.93. The molecule has 2 nitrogen and oxygen atoms in total. The Morgan fingerprint density at radius 2 is 2.13 bits per heavy atom. The molecule has 0 N–H and O–H groups in total. The topological polar surface area (TPSA) is 18.5 Å². The molecule has 0 aliphatic heterocycles. The maximum absolute atomic E-state index is 5.40. The zero-order valence-corrected chi connectivity index (χ0v) is 9.57. The van der Waals surface area contributed by atoms with Gasteiger partial charge in [-0.3, -0.25) is 0 Å². The van der Waals surface area contributed by atoms with E-state index in [4.69, 9.17) is 9.47 Å². The third-order valence-electron chi connectivity index (χ3n) is 1.78. The van der Waals surface area contributed by atoms with Gasteiger partial charge in [0.25, 0.3) is 0 Å². The summed E-state index contributed by atoms with van der Waals surface area (Å²) < 4.78 is 10.7. The first kappa shape index (κ1) is 11.6. The van der Waals surface area contributed by atoms with Gasteiger partial charge in [0.1, 0.15) is 5.75 Å². The van der Waals surface area contributed by atoms with Crippen LogP contribution in [0.1, 0.15) is 26.3 Å². The van der Waals surface area contributed by atoms with E-state index in [9.17, 15) is 0 Å². The largest absolute Gasteiger partial charge is 0.499 e. The Bertz CT molecular complexity index is 316. The van der Waals surface area contributed by atoms with Gasteiger partial charge in [-0.2, -0.15) is 0 Å². The molecule has 82 valence electrons. The summed E-state index contributed by atoms with van der Waals surface area (Å²) in [4.78, 5) is 0. The zero-order valence-electron chi connectivity index (χ0n) is 9.57. The predicted octanol–water partition coefficient (Wildman–Crippen LogP) is 3.48. The summed E-state index contributed by atoms with van der Waals surface area (Å²) in [6, 6.07) is 7.93. The number of benzene rings is 1. The Morgan fingerprint density at radius 3 is 2.80 bits per heavy atom. The van der Waals surface area contributed by atoms with Gasteiger partial charge in [0.05, 0.1) is 19.0 Å². The minimum absolute atomic E-state index is 0.219. The Labute approximate surface area is 91.5 Å². The molecule has 0 saturated carbocycles. The van der Waals surface area contributed by atoms with Crippen LogP contribution in [0.5, 0.6) is 5.75 Å². The van der Waals surface area contributed by atoms with Gasteiger partial charge in [-0.1, -0.05) is 12.1 Å². The zero-order chi connectivity index (χ0) is 11.1. The van der Waals surface area contributed by atoms with Crippen molar-refractivity contribution < 1.29 is 9.47 Å². The molecule has 1 aromatic carbocycles. The first-order valence-corrected chi connectivity index (χ1v) is 5.27. The van der Waals surface area contributed by atoms with Crippen molar-refractivity contribution >= 4 is 6.08 Å². The number of ether oxygens (including phenoxy) is 2. The summed E-state index contributed by atoms with van der Waals surface area (Å²) in [6.07, 6.45) is 3.87. The van der Waals surface area contributed by atoms with E-state index in [0.717, 1.165) is 11.3 Å². The van der Waals surface area contributed by atoms with Crippen LogP contribution >= 0.6 is 0 Å². The maximum Gasteiger partial charge on any atom is 0.119 e. The van der Waals surface area contributed by atoms with Crippen LogP contribution in [0.2, 0.25) is 0 Å². The van der Waals surface area contributed by atoms with Crippen molar-refractivity contribution in [1.29, 1.82) is 0 Å². The van der Waals surface area contributed by atoms with Crippen LogP contribution in [0.3, 0.4) is 0 Å². The Kier molecular flexibility index (Phi) is 4.75. The average Bonchev–Trinajstić information content (AvgIpc) is 2.18. The Morgan fingerprint density at radius 1 is 1.33 bits per heavy atom. The van der Waals surface area contributed by atoms with Crippen molar-refractivity contribution in [1.82, 2.24) is 0 Å². The molecule has 0 aliphatic rings. The van der Waals surface area contributed by atoms with Crippen molar-refractivity contribution in [2.75, 3.05) is 6.61 Å². The lowest BCUT2D eigenvalue weighted by atomic mass is 10.2. The summed E-state index contributed by atoms with van der Waals surface area (Å²) in [7, 11) is 0. The molecule has 0 fully saturated rings. The fourth-order valence-electron chi connectivity index (χ4n) is 1.15. The number of rotatable bonds is 5. The van der Waals surface area contributed by atoms with Crippen LogP contribution in [-0.2, 0) is 4.74 Å². The molecular weight excluding hydrogens is 188 g/mol. The highest BCUT2D eigenvalue weighted by Crippen LogP contribution is 2.14. The summed E-state index contributed by atoms with van der Waals surface area (Å²) in [5.74, 6) is 0.893. The highest BCUT2D eigenvalue weighted by molar-refractivity contribution is 5.50. The lowest BCUT2D eigenvalue weighted by Gasteiger charge is -2.04. The molecule has 15 heavy (non-hydrogen) atoms. The number of hydrogen-bond acceptors (Lipinski definition) is 2. The third-order valence-corrected chi connectivity index (χ3v) is 1.78. The number of hydrogen-bond donors (Lipinski definition) is 0. The fraction of sp³-hybridized carbons (Fsp3) is 0.385. The highest BCUT2D eigenvalue weighted by atomic mass is 16.5. The molecule has 0 bridgehead atoms. The predicted molar refractivity (Wildman–Crippen MR) is 62.9 cm³/mol. The normalized spacial score (nSPS) is 10.9. The van der Waals surface area contributed by atoms with E-state index in [1.807, 2.05) is 51.1 Å². The first-order chi connectivity index (χ1) is 7.22. The van der Waals surface area contributed by atoms with Crippen LogP contribution < -0.4 is 4.74 Å². The second kappa shape index (κ2) is 6.12. The SMILES string of the molecule is CCOc1cccc(C=COC(C)C)c1. The summed E-state index contributed by atoms with van der Waals surface area (Å²) in [5.41, 5.74) is 1.08. The van der Waals surface area contributed by atoms with E-state index in [1.165, 1.54) is 0 Å².